The predicted octanol–water partition coefficient (Wildman–Crippen LogP) is 5.75. The second-order valence-electron chi connectivity index (χ2n) is 5.39. The summed E-state index contributed by atoms with van der Waals surface area (Å²) in [5.74, 6) is 1.02. The van der Waals surface area contributed by atoms with E-state index in [0.717, 1.165) is 22.6 Å². The first-order chi connectivity index (χ1) is 12.0. The van der Waals surface area contributed by atoms with E-state index in [9.17, 15) is 4.39 Å². The van der Waals surface area contributed by atoms with Gasteiger partial charge in [-0.2, -0.15) is 0 Å². The minimum atomic E-state index is -0.306. The fourth-order valence-corrected chi connectivity index (χ4v) is 2.78. The SMILES string of the molecule is Cc1occc1C(=S)Nc1ccc(Cl)c(COc2ccc(F)cc2)c1. The van der Waals surface area contributed by atoms with Crippen LogP contribution in [0.1, 0.15) is 16.9 Å². The number of rotatable bonds is 5. The van der Waals surface area contributed by atoms with Crippen molar-refractivity contribution in [2.24, 2.45) is 0 Å². The number of furan rings is 1. The van der Waals surface area contributed by atoms with E-state index in [0.29, 0.717) is 15.8 Å². The zero-order valence-electron chi connectivity index (χ0n) is 13.4. The number of nitrogens with one attached hydrogen (secondary N) is 1. The first kappa shape index (κ1) is 17.5. The summed E-state index contributed by atoms with van der Waals surface area (Å²) in [6.45, 7) is 2.12. The molecule has 1 N–H and O–H groups in total. The summed E-state index contributed by atoms with van der Waals surface area (Å²) in [5.41, 5.74) is 2.43. The average molecular weight is 376 g/mol. The van der Waals surface area contributed by atoms with E-state index < -0.39 is 0 Å². The molecule has 3 rings (SSSR count). The van der Waals surface area contributed by atoms with Crippen LogP contribution in [0.2, 0.25) is 5.02 Å². The maximum atomic E-state index is 12.9. The van der Waals surface area contributed by atoms with Crippen molar-refractivity contribution in [3.63, 3.8) is 0 Å². The third kappa shape index (κ3) is 4.38. The Hall–Kier alpha value is -2.37. The van der Waals surface area contributed by atoms with Gasteiger partial charge in [0, 0.05) is 16.3 Å². The Morgan fingerprint density at radius 1 is 1.20 bits per heavy atom. The molecule has 0 unspecified atom stereocenters. The largest absolute Gasteiger partial charge is 0.489 e. The first-order valence-corrected chi connectivity index (χ1v) is 8.34. The molecule has 0 radical (unpaired) electrons. The Morgan fingerprint density at radius 3 is 2.64 bits per heavy atom. The molecule has 1 heterocycles. The number of halogens is 2. The lowest BCUT2D eigenvalue weighted by atomic mass is 10.2. The molecule has 0 aliphatic rings. The fraction of sp³-hybridized carbons (Fsp3) is 0.105. The zero-order chi connectivity index (χ0) is 17.8. The second-order valence-corrected chi connectivity index (χ2v) is 6.21. The number of thiocarbonyl (C=S) groups is 1. The van der Waals surface area contributed by atoms with Crippen molar-refractivity contribution in [3.8, 4) is 5.75 Å². The van der Waals surface area contributed by atoms with Crippen LogP contribution in [-0.2, 0) is 6.61 Å². The van der Waals surface area contributed by atoms with Crippen LogP contribution in [0.4, 0.5) is 10.1 Å². The van der Waals surface area contributed by atoms with Crippen LogP contribution < -0.4 is 10.1 Å². The van der Waals surface area contributed by atoms with Gasteiger partial charge in [-0.05, 0) is 55.5 Å². The number of hydrogen-bond acceptors (Lipinski definition) is 3. The minimum absolute atomic E-state index is 0.261. The third-order valence-electron chi connectivity index (χ3n) is 3.62. The minimum Gasteiger partial charge on any atom is -0.489 e. The molecule has 0 spiro atoms. The fourth-order valence-electron chi connectivity index (χ4n) is 2.27. The molecule has 0 aliphatic carbocycles. The van der Waals surface area contributed by atoms with E-state index in [1.807, 2.05) is 25.1 Å². The molecule has 0 atom stereocenters. The Morgan fingerprint density at radius 2 is 1.96 bits per heavy atom. The van der Waals surface area contributed by atoms with Gasteiger partial charge in [-0.1, -0.05) is 23.8 Å². The summed E-state index contributed by atoms with van der Waals surface area (Å²) in [6.07, 6.45) is 1.60. The summed E-state index contributed by atoms with van der Waals surface area (Å²) < 4.78 is 23.8. The summed E-state index contributed by atoms with van der Waals surface area (Å²) >= 11 is 11.6. The van der Waals surface area contributed by atoms with E-state index in [1.165, 1.54) is 12.1 Å². The van der Waals surface area contributed by atoms with Gasteiger partial charge in [0.2, 0.25) is 0 Å². The maximum Gasteiger partial charge on any atom is 0.123 e. The summed E-state index contributed by atoms with van der Waals surface area (Å²) in [6, 6.07) is 13.1. The smallest absolute Gasteiger partial charge is 0.123 e. The second kappa shape index (κ2) is 7.68. The summed E-state index contributed by atoms with van der Waals surface area (Å²) in [7, 11) is 0. The molecule has 128 valence electrons. The standard InChI is InChI=1S/C19H15ClFNO2S/c1-12-17(8-9-23-12)19(25)22-15-4-7-18(20)13(10-15)11-24-16-5-2-14(21)3-6-16/h2-10H,11H2,1H3,(H,22,25). The van der Waals surface area contributed by atoms with Gasteiger partial charge in [-0.25, -0.2) is 4.39 Å². The van der Waals surface area contributed by atoms with Crippen molar-refractivity contribution in [1.29, 1.82) is 0 Å². The Bertz CT molecular complexity index is 893. The van der Waals surface area contributed by atoms with Gasteiger partial charge >= 0.3 is 0 Å². The summed E-state index contributed by atoms with van der Waals surface area (Å²) in [5, 5.41) is 3.75. The molecular formula is C19H15ClFNO2S. The van der Waals surface area contributed by atoms with E-state index in [2.05, 4.69) is 5.32 Å². The van der Waals surface area contributed by atoms with Crippen LogP contribution in [0.5, 0.6) is 5.75 Å². The lowest BCUT2D eigenvalue weighted by molar-refractivity contribution is 0.306. The molecule has 0 saturated carbocycles. The summed E-state index contributed by atoms with van der Waals surface area (Å²) in [4.78, 5) is 0.568. The Kier molecular flexibility index (Phi) is 5.36. The maximum absolute atomic E-state index is 12.9. The number of anilines is 1. The van der Waals surface area contributed by atoms with Gasteiger partial charge in [-0.15, -0.1) is 0 Å². The molecule has 0 amide bonds. The van der Waals surface area contributed by atoms with E-state index in [1.54, 1.807) is 24.5 Å². The Labute approximate surface area is 155 Å². The molecule has 0 fully saturated rings. The quantitative estimate of drug-likeness (QED) is 0.576. The van der Waals surface area contributed by atoms with Crippen LogP contribution in [0, 0.1) is 12.7 Å². The molecule has 2 aromatic carbocycles. The van der Waals surface area contributed by atoms with Crippen molar-refractivity contribution in [3.05, 3.63) is 82.5 Å². The zero-order valence-corrected chi connectivity index (χ0v) is 15.0. The molecule has 3 nitrogen and oxygen atoms in total. The number of aryl methyl sites for hydroxylation is 1. The highest BCUT2D eigenvalue weighted by Crippen LogP contribution is 2.24. The average Bonchev–Trinajstić information content (AvgIpc) is 3.03. The molecule has 25 heavy (non-hydrogen) atoms. The van der Waals surface area contributed by atoms with Gasteiger partial charge in [0.15, 0.2) is 0 Å². The highest BCUT2D eigenvalue weighted by atomic mass is 35.5. The Balaban J connectivity index is 1.70. The van der Waals surface area contributed by atoms with Crippen LogP contribution >= 0.6 is 23.8 Å². The van der Waals surface area contributed by atoms with Gasteiger partial charge in [0.1, 0.15) is 28.9 Å². The number of hydrogen-bond donors (Lipinski definition) is 1. The van der Waals surface area contributed by atoms with Crippen LogP contribution in [-0.4, -0.2) is 4.99 Å². The molecule has 0 aliphatic heterocycles. The van der Waals surface area contributed by atoms with Gasteiger partial charge < -0.3 is 14.5 Å². The lowest BCUT2D eigenvalue weighted by Crippen LogP contribution is -2.11. The van der Waals surface area contributed by atoms with Crippen molar-refractivity contribution in [2.45, 2.75) is 13.5 Å². The third-order valence-corrected chi connectivity index (χ3v) is 4.31. The van der Waals surface area contributed by atoms with E-state index in [-0.39, 0.29) is 12.4 Å². The molecule has 0 saturated heterocycles. The van der Waals surface area contributed by atoms with E-state index >= 15 is 0 Å². The highest BCUT2D eigenvalue weighted by Gasteiger charge is 2.09. The van der Waals surface area contributed by atoms with Crippen LogP contribution in [0.3, 0.4) is 0 Å². The molecular weight excluding hydrogens is 361 g/mol. The topological polar surface area (TPSA) is 34.4 Å². The van der Waals surface area contributed by atoms with E-state index in [4.69, 9.17) is 33.0 Å². The van der Waals surface area contributed by atoms with Crippen molar-refractivity contribution in [2.75, 3.05) is 5.32 Å². The number of benzene rings is 2. The normalized spacial score (nSPS) is 10.5. The predicted molar refractivity (Wildman–Crippen MR) is 101 cm³/mol. The molecule has 6 heteroatoms. The molecule has 3 aromatic rings. The van der Waals surface area contributed by atoms with Crippen molar-refractivity contribution >= 4 is 34.5 Å². The van der Waals surface area contributed by atoms with Crippen molar-refractivity contribution in [1.82, 2.24) is 0 Å². The highest BCUT2D eigenvalue weighted by molar-refractivity contribution is 7.81. The first-order valence-electron chi connectivity index (χ1n) is 7.55. The van der Waals surface area contributed by atoms with Crippen molar-refractivity contribution < 1.29 is 13.5 Å². The van der Waals surface area contributed by atoms with Gasteiger partial charge in [-0.3, -0.25) is 0 Å². The number of ether oxygens (including phenoxy) is 1. The lowest BCUT2D eigenvalue weighted by Gasteiger charge is -2.12. The van der Waals surface area contributed by atoms with Gasteiger partial charge in [0.05, 0.1) is 11.8 Å². The molecule has 0 bridgehead atoms. The van der Waals surface area contributed by atoms with Crippen LogP contribution in [0.25, 0.3) is 0 Å². The van der Waals surface area contributed by atoms with Crippen LogP contribution in [0.15, 0.2) is 59.2 Å². The molecule has 1 aromatic heterocycles. The monoisotopic (exact) mass is 375 g/mol. The van der Waals surface area contributed by atoms with Gasteiger partial charge in [0.25, 0.3) is 0 Å².